The van der Waals surface area contributed by atoms with Crippen LogP contribution < -0.4 is 10.6 Å². The van der Waals surface area contributed by atoms with E-state index in [0.29, 0.717) is 18.6 Å². The number of urea groups is 1. The van der Waals surface area contributed by atoms with Crippen molar-refractivity contribution in [3.8, 4) is 11.1 Å². The Balaban J connectivity index is 1.71. The van der Waals surface area contributed by atoms with Gasteiger partial charge in [-0.2, -0.15) is 0 Å². The Kier molecular flexibility index (Phi) is 4.96. The number of anilines is 1. The summed E-state index contributed by atoms with van der Waals surface area (Å²) in [6, 6.07) is 9.23. The summed E-state index contributed by atoms with van der Waals surface area (Å²) in [6.07, 6.45) is 0.504. The minimum atomic E-state index is -0.815. The largest absolute Gasteiger partial charge is 0.394 e. The van der Waals surface area contributed by atoms with E-state index in [0.717, 1.165) is 6.07 Å². The Morgan fingerprint density at radius 1 is 1.24 bits per heavy atom. The molecule has 1 aliphatic rings. The number of benzene rings is 2. The van der Waals surface area contributed by atoms with E-state index in [1.54, 1.807) is 6.07 Å². The Morgan fingerprint density at radius 3 is 2.72 bits per heavy atom. The zero-order valence-electron chi connectivity index (χ0n) is 13.4. The van der Waals surface area contributed by atoms with Gasteiger partial charge in [-0.05, 0) is 42.3 Å². The number of ether oxygens (including phenoxy) is 1. The van der Waals surface area contributed by atoms with Gasteiger partial charge in [-0.15, -0.1) is 0 Å². The van der Waals surface area contributed by atoms with Crippen molar-refractivity contribution in [3.05, 3.63) is 54.1 Å². The molecule has 3 N–H and O–H groups in total. The fraction of sp³-hybridized carbons (Fsp3) is 0.278. The zero-order chi connectivity index (χ0) is 17.9. The van der Waals surface area contributed by atoms with Gasteiger partial charge in [0.1, 0.15) is 11.6 Å². The van der Waals surface area contributed by atoms with Crippen LogP contribution in [0.15, 0.2) is 42.5 Å². The molecule has 1 fully saturated rings. The van der Waals surface area contributed by atoms with Gasteiger partial charge in [0.05, 0.1) is 18.8 Å². The number of hydrogen-bond acceptors (Lipinski definition) is 3. The van der Waals surface area contributed by atoms with Crippen molar-refractivity contribution < 1.29 is 23.4 Å². The summed E-state index contributed by atoms with van der Waals surface area (Å²) in [7, 11) is 0. The third-order valence-corrected chi connectivity index (χ3v) is 4.15. The fourth-order valence-corrected chi connectivity index (χ4v) is 2.76. The number of hydrogen-bond donors (Lipinski definition) is 3. The van der Waals surface area contributed by atoms with Crippen LogP contribution >= 0.6 is 0 Å². The van der Waals surface area contributed by atoms with E-state index >= 15 is 0 Å². The van der Waals surface area contributed by atoms with E-state index in [-0.39, 0.29) is 24.5 Å². The van der Waals surface area contributed by atoms with Gasteiger partial charge >= 0.3 is 6.03 Å². The number of rotatable bonds is 4. The van der Waals surface area contributed by atoms with Crippen molar-refractivity contribution >= 4 is 11.7 Å². The average molecular weight is 348 g/mol. The van der Waals surface area contributed by atoms with E-state index in [1.165, 1.54) is 30.3 Å². The Bertz CT molecular complexity index is 777. The minimum Gasteiger partial charge on any atom is -0.394 e. The zero-order valence-corrected chi connectivity index (χ0v) is 13.4. The molecule has 1 saturated heterocycles. The quantitative estimate of drug-likeness (QED) is 0.796. The summed E-state index contributed by atoms with van der Waals surface area (Å²) in [5, 5.41) is 14.6. The van der Waals surface area contributed by atoms with E-state index < -0.39 is 23.2 Å². The topological polar surface area (TPSA) is 70.6 Å². The molecule has 0 radical (unpaired) electrons. The monoisotopic (exact) mass is 348 g/mol. The highest BCUT2D eigenvalue weighted by Crippen LogP contribution is 2.26. The van der Waals surface area contributed by atoms with Gasteiger partial charge in [-0.25, -0.2) is 13.6 Å². The van der Waals surface area contributed by atoms with E-state index in [9.17, 15) is 18.7 Å². The van der Waals surface area contributed by atoms with Crippen LogP contribution in [0.5, 0.6) is 0 Å². The Morgan fingerprint density at radius 2 is 2.08 bits per heavy atom. The summed E-state index contributed by atoms with van der Waals surface area (Å²) in [5.74, 6) is -1.03. The molecule has 0 aliphatic carbocycles. The second-order valence-electron chi connectivity index (χ2n) is 6.03. The maximum atomic E-state index is 14.3. The molecule has 0 bridgehead atoms. The van der Waals surface area contributed by atoms with Crippen LogP contribution in [0.2, 0.25) is 0 Å². The number of carbonyl (C=O) groups excluding carboxylic acids is 1. The number of amides is 2. The molecule has 2 aromatic carbocycles. The molecule has 1 unspecified atom stereocenters. The molecule has 1 atom stereocenters. The van der Waals surface area contributed by atoms with Crippen LogP contribution in [0.1, 0.15) is 6.42 Å². The van der Waals surface area contributed by atoms with Crippen LogP contribution in [0.3, 0.4) is 0 Å². The summed E-state index contributed by atoms with van der Waals surface area (Å²) in [4.78, 5) is 12.1. The van der Waals surface area contributed by atoms with Crippen molar-refractivity contribution in [2.45, 2.75) is 12.0 Å². The molecule has 1 heterocycles. The smallest absolute Gasteiger partial charge is 0.319 e. The first-order valence-corrected chi connectivity index (χ1v) is 7.85. The lowest BCUT2D eigenvalue weighted by Gasteiger charge is -2.26. The van der Waals surface area contributed by atoms with Crippen LogP contribution in [0, 0.1) is 11.6 Å². The van der Waals surface area contributed by atoms with Gasteiger partial charge in [-0.3, -0.25) is 0 Å². The first kappa shape index (κ1) is 17.3. The average Bonchev–Trinajstić information content (AvgIpc) is 3.04. The first-order chi connectivity index (χ1) is 12.0. The minimum absolute atomic E-state index is 0.226. The van der Waals surface area contributed by atoms with Crippen LogP contribution in [-0.4, -0.2) is 36.5 Å². The van der Waals surface area contributed by atoms with Crippen molar-refractivity contribution in [1.82, 2.24) is 5.32 Å². The lowest BCUT2D eigenvalue weighted by molar-refractivity contribution is 0.126. The van der Waals surface area contributed by atoms with Crippen molar-refractivity contribution in [2.24, 2.45) is 0 Å². The van der Waals surface area contributed by atoms with Crippen molar-refractivity contribution in [3.63, 3.8) is 0 Å². The van der Waals surface area contributed by atoms with E-state index in [4.69, 9.17) is 4.74 Å². The maximum absolute atomic E-state index is 14.3. The highest BCUT2D eigenvalue weighted by Gasteiger charge is 2.35. The molecular weight excluding hydrogens is 330 g/mol. The van der Waals surface area contributed by atoms with E-state index in [1.807, 2.05) is 0 Å². The lowest BCUT2D eigenvalue weighted by Crippen LogP contribution is -2.53. The first-order valence-electron chi connectivity index (χ1n) is 7.85. The molecule has 25 heavy (non-hydrogen) atoms. The SMILES string of the molecule is O=C(Nc1ccc(-c2cccc(F)c2)c(F)c1)NC1(CO)CCOC1. The highest BCUT2D eigenvalue weighted by molar-refractivity contribution is 5.90. The molecule has 2 amide bonds. The summed E-state index contributed by atoms with van der Waals surface area (Å²) in [6.45, 7) is 0.439. The fourth-order valence-electron chi connectivity index (χ4n) is 2.76. The summed E-state index contributed by atoms with van der Waals surface area (Å²) < 4.78 is 32.8. The number of nitrogens with one attached hydrogen (secondary N) is 2. The van der Waals surface area contributed by atoms with Gasteiger partial charge in [0, 0.05) is 17.9 Å². The Hall–Kier alpha value is -2.51. The highest BCUT2D eigenvalue weighted by atomic mass is 19.1. The molecule has 2 aromatic rings. The molecule has 1 aliphatic heterocycles. The number of aliphatic hydroxyl groups is 1. The summed E-state index contributed by atoms with van der Waals surface area (Å²) in [5.41, 5.74) is 0.0870. The lowest BCUT2D eigenvalue weighted by atomic mass is 10.0. The van der Waals surface area contributed by atoms with Gasteiger partial charge < -0.3 is 20.5 Å². The van der Waals surface area contributed by atoms with Gasteiger partial charge in [-0.1, -0.05) is 12.1 Å². The maximum Gasteiger partial charge on any atom is 0.319 e. The van der Waals surface area contributed by atoms with Crippen molar-refractivity contribution in [2.75, 3.05) is 25.1 Å². The molecule has 7 heteroatoms. The molecule has 0 aromatic heterocycles. The molecule has 3 rings (SSSR count). The predicted octanol–water partition coefficient (Wildman–Crippen LogP) is 2.90. The normalized spacial score (nSPS) is 19.6. The summed E-state index contributed by atoms with van der Waals surface area (Å²) >= 11 is 0. The molecular formula is C18H18F2N2O3. The van der Waals surface area contributed by atoms with Crippen LogP contribution in [0.4, 0.5) is 19.3 Å². The number of halogens is 2. The molecule has 132 valence electrons. The molecule has 5 nitrogen and oxygen atoms in total. The second kappa shape index (κ2) is 7.16. The van der Waals surface area contributed by atoms with Gasteiger partial charge in [0.25, 0.3) is 0 Å². The van der Waals surface area contributed by atoms with Crippen molar-refractivity contribution in [1.29, 1.82) is 0 Å². The van der Waals surface area contributed by atoms with Crippen LogP contribution in [-0.2, 0) is 4.74 Å². The predicted molar refractivity (Wildman–Crippen MR) is 89.2 cm³/mol. The molecule has 0 saturated carbocycles. The standard InChI is InChI=1S/C18H18F2N2O3/c19-13-3-1-2-12(8-13)15-5-4-14(9-16(15)20)21-17(24)22-18(10-23)6-7-25-11-18/h1-5,8-9,23H,6-7,10-11H2,(H2,21,22,24). The Labute approximate surface area is 143 Å². The van der Waals surface area contributed by atoms with E-state index in [2.05, 4.69) is 10.6 Å². The third kappa shape index (κ3) is 3.94. The number of aliphatic hydroxyl groups excluding tert-OH is 1. The van der Waals surface area contributed by atoms with Gasteiger partial charge in [0.15, 0.2) is 0 Å². The van der Waals surface area contributed by atoms with Gasteiger partial charge in [0.2, 0.25) is 0 Å². The van der Waals surface area contributed by atoms with Crippen LogP contribution in [0.25, 0.3) is 11.1 Å². The molecule has 0 spiro atoms. The number of carbonyl (C=O) groups is 1. The third-order valence-electron chi connectivity index (χ3n) is 4.15. The second-order valence-corrected chi connectivity index (χ2v) is 6.03.